The van der Waals surface area contributed by atoms with Crippen molar-refractivity contribution in [2.75, 3.05) is 0 Å². The molecule has 0 atom stereocenters. The second kappa shape index (κ2) is 2.45. The van der Waals surface area contributed by atoms with E-state index in [2.05, 4.69) is 6.58 Å². The third-order valence-corrected chi connectivity index (χ3v) is 0.319. The van der Waals surface area contributed by atoms with Gasteiger partial charge in [0.05, 0.1) is 6.42 Å². The van der Waals surface area contributed by atoms with E-state index in [1.165, 1.54) is 6.08 Å². The standard InChI is InChI=1S/C4H6O2/c1-2-3-4(5)6/h2H,1,3H2,(H,5,6)/i4+1. The van der Waals surface area contributed by atoms with E-state index in [0.717, 1.165) is 0 Å². The number of carboxylic acid groups (broad SMARTS) is 1. The Morgan fingerprint density at radius 2 is 2.50 bits per heavy atom. The van der Waals surface area contributed by atoms with Gasteiger partial charge >= 0.3 is 5.97 Å². The van der Waals surface area contributed by atoms with Crippen molar-refractivity contribution in [3.63, 3.8) is 0 Å². The van der Waals surface area contributed by atoms with E-state index in [1.54, 1.807) is 0 Å². The first-order chi connectivity index (χ1) is 2.77. The molecule has 0 aromatic carbocycles. The van der Waals surface area contributed by atoms with E-state index in [-0.39, 0.29) is 6.42 Å². The Kier molecular flexibility index (Phi) is 2.13. The molecule has 0 aromatic rings. The van der Waals surface area contributed by atoms with Gasteiger partial charge in [-0.3, -0.25) is 4.79 Å². The van der Waals surface area contributed by atoms with Crippen molar-refractivity contribution in [3.05, 3.63) is 12.7 Å². The summed E-state index contributed by atoms with van der Waals surface area (Å²) in [5.41, 5.74) is 0. The minimum absolute atomic E-state index is 0.0556. The molecule has 0 bridgehead atoms. The Hall–Kier alpha value is -0.790. The average molecular weight is 87.1 g/mol. The highest BCUT2D eigenvalue weighted by Gasteiger charge is 1.84. The minimum atomic E-state index is -0.829. The molecule has 6 heavy (non-hydrogen) atoms. The molecule has 0 aromatic heterocycles. The van der Waals surface area contributed by atoms with E-state index in [1.807, 2.05) is 0 Å². The number of carboxylic acids is 1. The summed E-state index contributed by atoms with van der Waals surface area (Å²) < 4.78 is 0. The minimum Gasteiger partial charge on any atom is -0.481 e. The highest BCUT2D eigenvalue weighted by Crippen LogP contribution is 1.74. The van der Waals surface area contributed by atoms with Crippen LogP contribution < -0.4 is 0 Å². The summed E-state index contributed by atoms with van der Waals surface area (Å²) in [7, 11) is 0. The van der Waals surface area contributed by atoms with Crippen LogP contribution in [-0.4, -0.2) is 11.1 Å². The maximum absolute atomic E-state index is 9.53. The Morgan fingerprint density at radius 1 is 2.00 bits per heavy atom. The lowest BCUT2D eigenvalue weighted by atomic mass is 10.6. The van der Waals surface area contributed by atoms with Gasteiger partial charge in [0.15, 0.2) is 0 Å². The predicted octanol–water partition coefficient (Wildman–Crippen LogP) is 0.647. The van der Waals surface area contributed by atoms with Gasteiger partial charge in [-0.25, -0.2) is 0 Å². The van der Waals surface area contributed by atoms with Crippen molar-refractivity contribution in [1.82, 2.24) is 0 Å². The van der Waals surface area contributed by atoms with Gasteiger partial charge < -0.3 is 5.11 Å². The SMILES string of the molecule is C=CC[13C](=O)O. The summed E-state index contributed by atoms with van der Waals surface area (Å²) in [6, 6.07) is 0. The van der Waals surface area contributed by atoms with Gasteiger partial charge in [0.2, 0.25) is 0 Å². The Morgan fingerprint density at radius 3 is 2.50 bits per heavy atom. The molecule has 0 fully saturated rings. The molecule has 1 N–H and O–H groups in total. The predicted molar refractivity (Wildman–Crippen MR) is 22.4 cm³/mol. The first kappa shape index (κ1) is 5.21. The molecule has 0 radical (unpaired) electrons. The summed E-state index contributed by atoms with van der Waals surface area (Å²) in [5, 5.41) is 7.84. The molecule has 2 heteroatoms. The smallest absolute Gasteiger partial charge is 0.307 e. The van der Waals surface area contributed by atoms with Crippen molar-refractivity contribution in [2.45, 2.75) is 6.42 Å². The van der Waals surface area contributed by atoms with Crippen molar-refractivity contribution in [1.29, 1.82) is 0 Å². The molecular formula is C4H6O2. The van der Waals surface area contributed by atoms with Crippen molar-refractivity contribution >= 4 is 5.97 Å². The third-order valence-electron chi connectivity index (χ3n) is 0.319. The van der Waals surface area contributed by atoms with Crippen LogP contribution >= 0.6 is 0 Å². The lowest BCUT2D eigenvalue weighted by Crippen LogP contribution is -1.88. The molecule has 0 aliphatic carbocycles. The topological polar surface area (TPSA) is 37.3 Å². The van der Waals surface area contributed by atoms with Crippen molar-refractivity contribution in [2.24, 2.45) is 0 Å². The first-order valence-electron chi connectivity index (χ1n) is 1.60. The van der Waals surface area contributed by atoms with Gasteiger partial charge in [-0.2, -0.15) is 0 Å². The molecule has 0 saturated carbocycles. The van der Waals surface area contributed by atoms with Gasteiger partial charge in [0.1, 0.15) is 0 Å². The zero-order valence-electron chi connectivity index (χ0n) is 3.35. The van der Waals surface area contributed by atoms with E-state index in [0.29, 0.717) is 0 Å². The molecule has 0 rings (SSSR count). The number of hydrogen-bond acceptors (Lipinski definition) is 1. The van der Waals surface area contributed by atoms with Crippen molar-refractivity contribution in [3.8, 4) is 0 Å². The van der Waals surface area contributed by atoms with E-state index in [9.17, 15) is 4.79 Å². The Balaban J connectivity index is 3.05. The van der Waals surface area contributed by atoms with Crippen LogP contribution in [-0.2, 0) is 4.79 Å². The Bertz CT molecular complexity index is 65.9. The second-order valence-corrected chi connectivity index (χ2v) is 0.887. The molecule has 0 unspecified atom stereocenters. The van der Waals surface area contributed by atoms with Crippen LogP contribution in [0.2, 0.25) is 0 Å². The molecule has 34 valence electrons. The quantitative estimate of drug-likeness (QED) is 0.396. The average Bonchev–Trinajstić information content (AvgIpc) is 1.35. The zero-order valence-corrected chi connectivity index (χ0v) is 3.35. The maximum Gasteiger partial charge on any atom is 0.307 e. The van der Waals surface area contributed by atoms with Gasteiger partial charge in [0, 0.05) is 0 Å². The highest BCUT2D eigenvalue weighted by atomic mass is 16.5. The summed E-state index contributed by atoms with van der Waals surface area (Å²) in [4.78, 5) is 9.53. The molecule has 0 saturated heterocycles. The van der Waals surface area contributed by atoms with Crippen LogP contribution in [0.3, 0.4) is 0 Å². The molecule has 2 nitrogen and oxygen atoms in total. The normalized spacial score (nSPS) is 7.33. The fourth-order valence-corrected chi connectivity index (χ4v) is 0.123. The summed E-state index contributed by atoms with van der Waals surface area (Å²) in [5.74, 6) is -0.829. The zero-order chi connectivity index (χ0) is 4.99. The van der Waals surface area contributed by atoms with Gasteiger partial charge in [0.25, 0.3) is 0 Å². The lowest BCUT2D eigenvalue weighted by molar-refractivity contribution is -0.135. The molecular weight excluding hydrogens is 81.0 g/mol. The number of aliphatic carboxylic acids is 1. The lowest BCUT2D eigenvalue weighted by Gasteiger charge is -1.75. The summed E-state index contributed by atoms with van der Waals surface area (Å²) in [6.45, 7) is 3.22. The highest BCUT2D eigenvalue weighted by molar-refractivity contribution is 5.68. The van der Waals surface area contributed by atoms with E-state index in [4.69, 9.17) is 5.11 Å². The monoisotopic (exact) mass is 87.0 g/mol. The molecule has 0 aliphatic heterocycles. The van der Waals surface area contributed by atoms with Crippen LogP contribution in [0.1, 0.15) is 6.42 Å². The number of rotatable bonds is 2. The molecule has 0 aliphatic rings. The molecule has 0 amide bonds. The van der Waals surface area contributed by atoms with E-state index < -0.39 is 5.97 Å². The number of hydrogen-bond donors (Lipinski definition) is 1. The molecule has 0 heterocycles. The summed E-state index contributed by atoms with van der Waals surface area (Å²) in [6.07, 6.45) is 1.41. The fraction of sp³-hybridized carbons (Fsp3) is 0.250. The third kappa shape index (κ3) is 3.21. The number of carbonyl (C=O) groups is 1. The van der Waals surface area contributed by atoms with Gasteiger partial charge in [-0.1, -0.05) is 6.08 Å². The maximum atomic E-state index is 9.53. The Labute approximate surface area is 36.1 Å². The van der Waals surface area contributed by atoms with Gasteiger partial charge in [-0.05, 0) is 0 Å². The first-order valence-corrected chi connectivity index (χ1v) is 1.60. The van der Waals surface area contributed by atoms with Crippen molar-refractivity contribution < 1.29 is 9.90 Å². The van der Waals surface area contributed by atoms with E-state index >= 15 is 0 Å². The largest absolute Gasteiger partial charge is 0.481 e. The van der Waals surface area contributed by atoms with Gasteiger partial charge in [-0.15, -0.1) is 6.58 Å². The molecule has 0 spiro atoms. The van der Waals surface area contributed by atoms with Crippen LogP contribution in [0.4, 0.5) is 0 Å². The summed E-state index contributed by atoms with van der Waals surface area (Å²) >= 11 is 0. The van der Waals surface area contributed by atoms with Crippen LogP contribution in [0.15, 0.2) is 12.7 Å². The second-order valence-electron chi connectivity index (χ2n) is 0.887. The fourth-order valence-electron chi connectivity index (χ4n) is 0.123. The van der Waals surface area contributed by atoms with Crippen LogP contribution in [0, 0.1) is 0 Å². The van der Waals surface area contributed by atoms with Crippen LogP contribution in [0.5, 0.6) is 0 Å². The van der Waals surface area contributed by atoms with Crippen LogP contribution in [0.25, 0.3) is 0 Å².